The Labute approximate surface area is 160 Å². The van der Waals surface area contributed by atoms with Gasteiger partial charge in [-0.2, -0.15) is 0 Å². The third-order valence-corrected chi connectivity index (χ3v) is 5.21. The third kappa shape index (κ3) is 3.40. The van der Waals surface area contributed by atoms with E-state index in [4.69, 9.17) is 11.6 Å². The maximum atomic E-state index is 14.4. The molecule has 2 atom stereocenters. The number of aliphatic hydroxyl groups is 1. The molecule has 0 bridgehead atoms. The van der Waals surface area contributed by atoms with Gasteiger partial charge in [0.1, 0.15) is 5.65 Å². The number of pyridine rings is 1. The highest BCUT2D eigenvalue weighted by molar-refractivity contribution is 6.31. The number of hydrogen-bond donors (Lipinski definition) is 3. The summed E-state index contributed by atoms with van der Waals surface area (Å²) < 4.78 is 14.4. The molecule has 4 rings (SSSR count). The Balaban J connectivity index is 1.73. The van der Waals surface area contributed by atoms with Crippen LogP contribution >= 0.6 is 11.6 Å². The number of aromatic amines is 1. The molecule has 1 aliphatic carbocycles. The molecule has 0 radical (unpaired) electrons. The Kier molecular flexibility index (Phi) is 4.57. The van der Waals surface area contributed by atoms with Crippen LogP contribution in [0.4, 0.5) is 10.2 Å². The summed E-state index contributed by atoms with van der Waals surface area (Å²) in [4.78, 5) is 15.8. The lowest BCUT2D eigenvalue weighted by molar-refractivity contribution is 0.108. The van der Waals surface area contributed by atoms with E-state index in [-0.39, 0.29) is 5.82 Å². The van der Waals surface area contributed by atoms with Gasteiger partial charge in [-0.1, -0.05) is 17.7 Å². The topological polar surface area (TPSA) is 86.7 Å². The summed E-state index contributed by atoms with van der Waals surface area (Å²) in [6.07, 6.45) is 8.45. The summed E-state index contributed by atoms with van der Waals surface area (Å²) in [7, 11) is 0. The van der Waals surface area contributed by atoms with Gasteiger partial charge in [0.2, 0.25) is 0 Å². The molecule has 0 aliphatic heterocycles. The fourth-order valence-electron chi connectivity index (χ4n) is 3.61. The van der Waals surface area contributed by atoms with Crippen molar-refractivity contribution in [3.63, 3.8) is 0 Å². The van der Waals surface area contributed by atoms with Gasteiger partial charge in [-0.25, -0.2) is 19.3 Å². The zero-order valence-electron chi connectivity index (χ0n) is 14.5. The Morgan fingerprint density at radius 1 is 1.41 bits per heavy atom. The molecule has 0 amide bonds. The predicted octanol–water partition coefficient (Wildman–Crippen LogP) is 4.08. The van der Waals surface area contributed by atoms with Crippen molar-refractivity contribution >= 4 is 28.5 Å². The second-order valence-corrected chi connectivity index (χ2v) is 7.31. The maximum absolute atomic E-state index is 14.4. The molecule has 6 nitrogen and oxygen atoms in total. The molecule has 1 saturated carbocycles. The number of halogens is 2. The van der Waals surface area contributed by atoms with Crippen molar-refractivity contribution in [1.29, 1.82) is 0 Å². The summed E-state index contributed by atoms with van der Waals surface area (Å²) in [5, 5.41) is 14.4. The molecule has 1 fully saturated rings. The van der Waals surface area contributed by atoms with Gasteiger partial charge in [0.05, 0.1) is 22.9 Å². The smallest absolute Gasteiger partial charge is 0.183 e. The molecule has 0 saturated heterocycles. The molecule has 3 N–H and O–H groups in total. The van der Waals surface area contributed by atoms with Gasteiger partial charge in [0.15, 0.2) is 17.5 Å². The van der Waals surface area contributed by atoms with E-state index in [1.54, 1.807) is 24.5 Å². The Hall–Kier alpha value is -2.51. The van der Waals surface area contributed by atoms with Gasteiger partial charge in [-0.15, -0.1) is 6.58 Å². The summed E-state index contributed by atoms with van der Waals surface area (Å²) in [5.41, 5.74) is 0.726. The number of anilines is 1. The largest absolute Gasteiger partial charge is 0.393 e. The average molecular weight is 388 g/mol. The molecule has 3 heterocycles. The minimum atomic E-state index is -0.602. The quantitative estimate of drug-likeness (QED) is 0.587. The van der Waals surface area contributed by atoms with Crippen LogP contribution in [0.5, 0.6) is 0 Å². The number of aliphatic hydroxyl groups excluding tert-OH is 1. The number of aromatic nitrogens is 4. The molecular weight excluding hydrogens is 369 g/mol. The van der Waals surface area contributed by atoms with Gasteiger partial charge < -0.3 is 15.4 Å². The Morgan fingerprint density at radius 3 is 3.04 bits per heavy atom. The second-order valence-electron chi connectivity index (χ2n) is 6.88. The van der Waals surface area contributed by atoms with Crippen LogP contribution in [0.15, 0.2) is 37.3 Å². The highest BCUT2D eigenvalue weighted by atomic mass is 35.5. The van der Waals surface area contributed by atoms with Crippen molar-refractivity contribution < 1.29 is 9.50 Å². The molecule has 0 spiro atoms. The number of H-pyrrole nitrogens is 1. The highest BCUT2D eigenvalue weighted by Gasteiger charge is 2.34. The first-order chi connectivity index (χ1) is 13.0. The molecule has 3 aromatic rings. The molecule has 1 aliphatic rings. The number of nitrogens with one attached hydrogen (secondary N) is 2. The number of hydrogen-bond acceptors (Lipinski definition) is 5. The average Bonchev–Trinajstić information content (AvgIpc) is 3.06. The van der Waals surface area contributed by atoms with E-state index in [0.717, 1.165) is 30.8 Å². The van der Waals surface area contributed by atoms with Crippen LogP contribution in [-0.2, 0) is 0 Å². The van der Waals surface area contributed by atoms with E-state index in [9.17, 15) is 9.50 Å². The van der Waals surface area contributed by atoms with Gasteiger partial charge >= 0.3 is 0 Å². The lowest BCUT2D eigenvalue weighted by Gasteiger charge is -2.38. The summed E-state index contributed by atoms with van der Waals surface area (Å²) in [6, 6.07) is 1.76. The van der Waals surface area contributed by atoms with Gasteiger partial charge in [0, 0.05) is 23.3 Å². The van der Waals surface area contributed by atoms with Crippen molar-refractivity contribution in [2.24, 2.45) is 0 Å². The molecule has 8 heteroatoms. The van der Waals surface area contributed by atoms with E-state index in [1.807, 2.05) is 0 Å². The van der Waals surface area contributed by atoms with Crippen LogP contribution in [0, 0.1) is 5.82 Å². The van der Waals surface area contributed by atoms with E-state index in [0.29, 0.717) is 28.5 Å². The van der Waals surface area contributed by atoms with Crippen LogP contribution < -0.4 is 5.32 Å². The fourth-order valence-corrected chi connectivity index (χ4v) is 3.77. The predicted molar refractivity (Wildman–Crippen MR) is 103 cm³/mol. The molecule has 140 valence electrons. The van der Waals surface area contributed by atoms with Crippen molar-refractivity contribution in [2.45, 2.75) is 37.3 Å². The lowest BCUT2D eigenvalue weighted by Crippen LogP contribution is -2.43. The van der Waals surface area contributed by atoms with Crippen molar-refractivity contribution in [1.82, 2.24) is 19.9 Å². The standard InChI is InChI=1S/C19H19ClFN5O/c1-2-19(5-3-4-12(27)7-19)26-18-15(21)10-24-17(25-18)14-9-23-16-13(14)6-11(20)8-22-16/h2,6,8-10,12,27H,1,3-5,7H2,(H,22,23)(H,24,25,26). The van der Waals surface area contributed by atoms with Crippen LogP contribution in [0.25, 0.3) is 22.4 Å². The highest BCUT2D eigenvalue weighted by Crippen LogP contribution is 2.34. The monoisotopic (exact) mass is 387 g/mol. The van der Waals surface area contributed by atoms with E-state index >= 15 is 0 Å². The Morgan fingerprint density at radius 2 is 2.26 bits per heavy atom. The number of fused-ring (bicyclic) bond motifs is 1. The molecule has 3 aromatic heterocycles. The molecular formula is C19H19ClFN5O. The van der Waals surface area contributed by atoms with Crippen LogP contribution in [0.1, 0.15) is 25.7 Å². The minimum absolute atomic E-state index is 0.0818. The first-order valence-corrected chi connectivity index (χ1v) is 9.13. The SMILES string of the molecule is C=CC1(Nc2nc(-c3c[nH]c4ncc(Cl)cc34)ncc2F)CCCC(O)C1. The van der Waals surface area contributed by atoms with Crippen molar-refractivity contribution in [2.75, 3.05) is 5.32 Å². The van der Waals surface area contributed by atoms with Crippen molar-refractivity contribution in [3.05, 3.63) is 48.2 Å². The zero-order valence-corrected chi connectivity index (χ0v) is 15.3. The van der Waals surface area contributed by atoms with E-state index < -0.39 is 17.5 Å². The number of rotatable bonds is 4. The van der Waals surface area contributed by atoms with Crippen LogP contribution in [0.3, 0.4) is 0 Å². The summed E-state index contributed by atoms with van der Waals surface area (Å²) in [6.45, 7) is 3.87. The first kappa shape index (κ1) is 17.9. The Bertz CT molecular complexity index is 1010. The summed E-state index contributed by atoms with van der Waals surface area (Å²) >= 11 is 6.05. The maximum Gasteiger partial charge on any atom is 0.183 e. The molecule has 0 aromatic carbocycles. The molecule has 2 unspecified atom stereocenters. The van der Waals surface area contributed by atoms with Crippen molar-refractivity contribution in [3.8, 4) is 11.4 Å². The fraction of sp³-hybridized carbons (Fsp3) is 0.316. The molecule has 27 heavy (non-hydrogen) atoms. The van der Waals surface area contributed by atoms with Gasteiger partial charge in [-0.3, -0.25) is 0 Å². The third-order valence-electron chi connectivity index (χ3n) is 5.00. The lowest BCUT2D eigenvalue weighted by atomic mass is 9.80. The minimum Gasteiger partial charge on any atom is -0.393 e. The van der Waals surface area contributed by atoms with Crippen LogP contribution in [0.2, 0.25) is 5.02 Å². The van der Waals surface area contributed by atoms with Crippen LogP contribution in [-0.4, -0.2) is 36.7 Å². The van der Waals surface area contributed by atoms with E-state index in [2.05, 4.69) is 31.8 Å². The van der Waals surface area contributed by atoms with Gasteiger partial charge in [0.25, 0.3) is 0 Å². The normalized spacial score (nSPS) is 22.7. The first-order valence-electron chi connectivity index (χ1n) is 8.75. The van der Waals surface area contributed by atoms with E-state index in [1.165, 1.54) is 0 Å². The zero-order chi connectivity index (χ0) is 19.0. The second kappa shape index (κ2) is 6.90. The number of nitrogens with zero attached hydrogens (tertiary/aromatic N) is 3. The van der Waals surface area contributed by atoms with Gasteiger partial charge in [-0.05, 0) is 31.7 Å². The summed E-state index contributed by atoms with van der Waals surface area (Å²) in [5.74, 6) is -0.126.